The molecule has 0 spiro atoms. The second-order valence-electron chi connectivity index (χ2n) is 3.66. The number of rotatable bonds is 4. The molecule has 0 radical (unpaired) electrons. The van der Waals surface area contributed by atoms with E-state index >= 15 is 0 Å². The third-order valence-electron chi connectivity index (χ3n) is 1.27. The summed E-state index contributed by atoms with van der Waals surface area (Å²) in [6.07, 6.45) is 0.985. The van der Waals surface area contributed by atoms with Gasteiger partial charge in [-0.3, -0.25) is 4.79 Å². The van der Waals surface area contributed by atoms with Crippen molar-refractivity contribution in [2.24, 2.45) is 0 Å². The van der Waals surface area contributed by atoms with Crippen LogP contribution in [-0.2, 0) is 14.6 Å². The average Bonchev–Trinajstić information content (AvgIpc) is 1.81. The highest BCUT2D eigenvalue weighted by molar-refractivity contribution is 7.91. The van der Waals surface area contributed by atoms with Crippen molar-refractivity contribution >= 4 is 15.7 Å². The first-order valence-corrected chi connectivity index (χ1v) is 5.82. The van der Waals surface area contributed by atoms with E-state index in [-0.39, 0.29) is 6.61 Å². The van der Waals surface area contributed by atoms with Gasteiger partial charge in [0.15, 0.2) is 9.84 Å². The molecule has 6 heteroatoms. The number of aliphatic hydroxyl groups excluding tert-OH is 1. The second kappa shape index (κ2) is 4.06. The lowest BCUT2D eigenvalue weighted by molar-refractivity contribution is -0.120. The summed E-state index contributed by atoms with van der Waals surface area (Å²) in [6, 6.07) is 0. The molecule has 78 valence electrons. The number of nitrogens with one attached hydrogen (secondary N) is 1. The van der Waals surface area contributed by atoms with Gasteiger partial charge in [0.25, 0.3) is 0 Å². The highest BCUT2D eigenvalue weighted by Crippen LogP contribution is 1.99. The lowest BCUT2D eigenvalue weighted by Crippen LogP contribution is -2.48. The lowest BCUT2D eigenvalue weighted by atomic mass is 10.1. The van der Waals surface area contributed by atoms with E-state index in [4.69, 9.17) is 5.11 Å². The molecule has 0 aromatic carbocycles. The molecule has 0 heterocycles. The molecule has 13 heavy (non-hydrogen) atoms. The smallest absolute Gasteiger partial charge is 0.235 e. The summed E-state index contributed by atoms with van der Waals surface area (Å²) in [6.45, 7) is 2.98. The highest BCUT2D eigenvalue weighted by Gasteiger charge is 2.21. The monoisotopic (exact) mass is 209 g/mol. The molecule has 0 saturated heterocycles. The molecule has 1 amide bonds. The molecule has 0 aliphatic carbocycles. The summed E-state index contributed by atoms with van der Waals surface area (Å²) in [7, 11) is -3.30. The number of aliphatic hydroxyl groups is 1. The molecular weight excluding hydrogens is 194 g/mol. The predicted octanol–water partition coefficient (Wildman–Crippen LogP) is -1.08. The van der Waals surface area contributed by atoms with Gasteiger partial charge in [0.2, 0.25) is 5.91 Å². The van der Waals surface area contributed by atoms with Gasteiger partial charge in [0.05, 0.1) is 12.1 Å². The van der Waals surface area contributed by atoms with Crippen LogP contribution in [0, 0.1) is 0 Å². The Hall–Kier alpha value is -0.620. The quantitative estimate of drug-likeness (QED) is 0.617. The molecule has 0 aliphatic rings. The first-order chi connectivity index (χ1) is 5.66. The first-order valence-electron chi connectivity index (χ1n) is 3.76. The molecule has 0 unspecified atom stereocenters. The molecular formula is C7H15NO4S. The Labute approximate surface area is 78.1 Å². The first kappa shape index (κ1) is 12.4. The van der Waals surface area contributed by atoms with Crippen molar-refractivity contribution in [1.29, 1.82) is 0 Å². The van der Waals surface area contributed by atoms with Crippen LogP contribution >= 0.6 is 0 Å². The zero-order chi connectivity index (χ0) is 10.7. The van der Waals surface area contributed by atoms with Crippen molar-refractivity contribution in [2.75, 3.05) is 18.6 Å². The van der Waals surface area contributed by atoms with Crippen molar-refractivity contribution < 1.29 is 18.3 Å². The number of amides is 1. The van der Waals surface area contributed by atoms with Gasteiger partial charge in [-0.05, 0) is 13.8 Å². The molecule has 0 aromatic rings. The van der Waals surface area contributed by atoms with Crippen LogP contribution in [0.15, 0.2) is 0 Å². The summed E-state index contributed by atoms with van der Waals surface area (Å²) in [5, 5.41) is 11.2. The maximum atomic E-state index is 11.0. The molecule has 0 atom stereocenters. The van der Waals surface area contributed by atoms with Crippen LogP contribution < -0.4 is 5.32 Å². The fraction of sp³-hybridized carbons (Fsp3) is 0.857. The number of hydrogen-bond donors (Lipinski definition) is 2. The normalized spacial score (nSPS) is 12.6. The molecule has 0 saturated carbocycles. The van der Waals surface area contributed by atoms with E-state index < -0.39 is 27.0 Å². The van der Waals surface area contributed by atoms with Crippen molar-refractivity contribution in [1.82, 2.24) is 5.32 Å². The molecule has 2 N–H and O–H groups in total. The van der Waals surface area contributed by atoms with Crippen LogP contribution in [0.25, 0.3) is 0 Å². The summed E-state index contributed by atoms with van der Waals surface area (Å²) in [4.78, 5) is 11.0. The lowest BCUT2D eigenvalue weighted by Gasteiger charge is -2.23. The number of carbonyl (C=O) groups excluding carboxylic acids is 1. The number of carbonyl (C=O) groups is 1. The third-order valence-corrected chi connectivity index (χ3v) is 2.05. The van der Waals surface area contributed by atoms with E-state index in [2.05, 4.69) is 5.32 Å². The Morgan fingerprint density at radius 1 is 1.46 bits per heavy atom. The number of sulfone groups is 1. The van der Waals surface area contributed by atoms with Crippen LogP contribution in [0.5, 0.6) is 0 Å². The van der Waals surface area contributed by atoms with Gasteiger partial charge in [-0.15, -0.1) is 0 Å². The van der Waals surface area contributed by atoms with Gasteiger partial charge in [-0.2, -0.15) is 0 Å². The van der Waals surface area contributed by atoms with E-state index in [0.29, 0.717) is 0 Å². The van der Waals surface area contributed by atoms with Gasteiger partial charge in [-0.1, -0.05) is 0 Å². The Morgan fingerprint density at radius 3 is 2.23 bits per heavy atom. The molecule has 0 aliphatic heterocycles. The summed E-state index contributed by atoms with van der Waals surface area (Å²) < 4.78 is 21.4. The molecule has 0 fully saturated rings. The predicted molar refractivity (Wildman–Crippen MR) is 49.0 cm³/mol. The van der Waals surface area contributed by atoms with Crippen LogP contribution in [0.3, 0.4) is 0 Å². The Kier molecular flexibility index (Phi) is 3.87. The largest absolute Gasteiger partial charge is 0.394 e. The number of hydrogen-bond acceptors (Lipinski definition) is 4. The topological polar surface area (TPSA) is 83.5 Å². The molecule has 0 bridgehead atoms. The second-order valence-corrected chi connectivity index (χ2v) is 5.80. The van der Waals surface area contributed by atoms with Gasteiger partial charge >= 0.3 is 0 Å². The van der Waals surface area contributed by atoms with Gasteiger partial charge in [-0.25, -0.2) is 8.42 Å². The average molecular weight is 209 g/mol. The van der Waals surface area contributed by atoms with Crippen molar-refractivity contribution in [2.45, 2.75) is 19.4 Å². The summed E-state index contributed by atoms with van der Waals surface area (Å²) in [5.41, 5.74) is -0.776. The van der Waals surface area contributed by atoms with Crippen LogP contribution in [0.2, 0.25) is 0 Å². The minimum Gasteiger partial charge on any atom is -0.394 e. The van der Waals surface area contributed by atoms with E-state index in [1.165, 1.54) is 0 Å². The van der Waals surface area contributed by atoms with Gasteiger partial charge in [0, 0.05) is 6.26 Å². The zero-order valence-corrected chi connectivity index (χ0v) is 8.81. The van der Waals surface area contributed by atoms with Gasteiger partial charge in [0.1, 0.15) is 5.75 Å². The fourth-order valence-corrected chi connectivity index (χ4v) is 1.24. The third kappa shape index (κ3) is 6.53. The Balaban J connectivity index is 4.19. The Morgan fingerprint density at radius 2 is 1.92 bits per heavy atom. The fourth-order valence-electron chi connectivity index (χ4n) is 0.691. The minimum atomic E-state index is -3.30. The van der Waals surface area contributed by atoms with Crippen LogP contribution in [-0.4, -0.2) is 43.6 Å². The molecule has 0 rings (SSSR count). The van der Waals surface area contributed by atoms with Crippen molar-refractivity contribution in [3.63, 3.8) is 0 Å². The van der Waals surface area contributed by atoms with Gasteiger partial charge < -0.3 is 10.4 Å². The van der Waals surface area contributed by atoms with E-state index in [1.54, 1.807) is 13.8 Å². The molecule has 0 aromatic heterocycles. The minimum absolute atomic E-state index is 0.234. The maximum Gasteiger partial charge on any atom is 0.235 e. The van der Waals surface area contributed by atoms with Crippen molar-refractivity contribution in [3.8, 4) is 0 Å². The van der Waals surface area contributed by atoms with E-state index in [9.17, 15) is 13.2 Å². The highest BCUT2D eigenvalue weighted by atomic mass is 32.2. The SMILES string of the molecule is CC(C)(CO)NC(=O)CS(C)(=O)=O. The Bertz CT molecular complexity index is 281. The van der Waals surface area contributed by atoms with Crippen molar-refractivity contribution in [3.05, 3.63) is 0 Å². The maximum absolute atomic E-state index is 11.0. The zero-order valence-electron chi connectivity index (χ0n) is 7.99. The van der Waals surface area contributed by atoms with Crippen LogP contribution in [0.1, 0.15) is 13.8 Å². The summed E-state index contributed by atoms with van der Waals surface area (Å²) >= 11 is 0. The summed E-state index contributed by atoms with van der Waals surface area (Å²) in [5.74, 6) is -1.14. The van der Waals surface area contributed by atoms with Crippen LogP contribution in [0.4, 0.5) is 0 Å². The molecule has 5 nitrogen and oxygen atoms in total. The van der Waals surface area contributed by atoms with E-state index in [1.807, 2.05) is 0 Å². The van der Waals surface area contributed by atoms with E-state index in [0.717, 1.165) is 6.26 Å². The standard InChI is InChI=1S/C7H15NO4S/c1-7(2,5-9)8-6(10)4-13(3,11)12/h9H,4-5H2,1-3H3,(H,8,10).